The van der Waals surface area contributed by atoms with Crippen molar-refractivity contribution < 1.29 is 28.2 Å². The molecule has 0 spiro atoms. The average molecular weight is 470 g/mol. The van der Waals surface area contributed by atoms with Crippen LogP contribution in [0.3, 0.4) is 0 Å². The maximum absolute atomic E-state index is 15.4. The third-order valence-electron chi connectivity index (χ3n) is 6.78. The van der Waals surface area contributed by atoms with E-state index in [1.54, 1.807) is 18.2 Å². The molecule has 34 heavy (non-hydrogen) atoms. The maximum atomic E-state index is 15.4. The Morgan fingerprint density at radius 3 is 2.53 bits per heavy atom. The van der Waals surface area contributed by atoms with Gasteiger partial charge in [-0.15, -0.1) is 0 Å². The predicted molar refractivity (Wildman–Crippen MR) is 126 cm³/mol. The van der Waals surface area contributed by atoms with Crippen molar-refractivity contribution in [2.45, 2.75) is 70.2 Å². The molecule has 5 rings (SSSR count). The SMILES string of the molecule is O=C(ONc1ccc(-c2cccc(OC3CC3)c2F)c(COC2CCCC2)c1)C1CCOCC1. The highest BCUT2D eigenvalue weighted by atomic mass is 19.1. The Kier molecular flexibility index (Phi) is 7.30. The summed E-state index contributed by atoms with van der Waals surface area (Å²) in [5.74, 6) is -0.514. The van der Waals surface area contributed by atoms with E-state index in [9.17, 15) is 4.79 Å². The lowest BCUT2D eigenvalue weighted by atomic mass is 9.98. The van der Waals surface area contributed by atoms with Crippen LogP contribution in [0.1, 0.15) is 56.9 Å². The number of benzene rings is 2. The Morgan fingerprint density at radius 1 is 0.971 bits per heavy atom. The van der Waals surface area contributed by atoms with Gasteiger partial charge in [-0.3, -0.25) is 0 Å². The summed E-state index contributed by atoms with van der Waals surface area (Å²) in [6, 6.07) is 10.8. The van der Waals surface area contributed by atoms with Crippen LogP contribution < -0.4 is 10.2 Å². The number of hydrogen-bond acceptors (Lipinski definition) is 6. The molecule has 1 saturated heterocycles. The summed E-state index contributed by atoms with van der Waals surface area (Å²) >= 11 is 0. The van der Waals surface area contributed by atoms with Crippen LogP contribution in [0, 0.1) is 11.7 Å². The summed E-state index contributed by atoms with van der Waals surface area (Å²) in [6.45, 7) is 1.51. The fourth-order valence-corrected chi connectivity index (χ4v) is 4.60. The first kappa shape index (κ1) is 23.1. The number of hydrogen-bond donors (Lipinski definition) is 1. The Morgan fingerprint density at radius 2 is 1.76 bits per heavy atom. The number of carbonyl (C=O) groups is 1. The number of carbonyl (C=O) groups excluding carboxylic acids is 1. The van der Waals surface area contributed by atoms with Crippen LogP contribution in [-0.2, 0) is 25.7 Å². The van der Waals surface area contributed by atoms with Crippen molar-refractivity contribution in [3.8, 4) is 16.9 Å². The second-order valence-corrected chi connectivity index (χ2v) is 9.43. The molecule has 2 aromatic rings. The van der Waals surface area contributed by atoms with E-state index in [0.29, 0.717) is 43.9 Å². The average Bonchev–Trinajstić information content (AvgIpc) is 3.53. The lowest BCUT2D eigenvalue weighted by molar-refractivity contribution is -0.148. The van der Waals surface area contributed by atoms with Crippen LogP contribution >= 0.6 is 0 Å². The molecule has 2 aliphatic carbocycles. The van der Waals surface area contributed by atoms with Gasteiger partial charge in [0.15, 0.2) is 11.6 Å². The minimum Gasteiger partial charge on any atom is -0.487 e. The Hall–Kier alpha value is -2.64. The smallest absolute Gasteiger partial charge is 0.335 e. The van der Waals surface area contributed by atoms with Crippen molar-refractivity contribution in [1.82, 2.24) is 0 Å². The molecule has 1 heterocycles. The van der Waals surface area contributed by atoms with E-state index in [1.807, 2.05) is 18.2 Å². The number of anilines is 1. The Labute approximate surface area is 199 Å². The second kappa shape index (κ2) is 10.7. The first-order valence-corrected chi connectivity index (χ1v) is 12.4. The van der Waals surface area contributed by atoms with Crippen LogP contribution in [0.15, 0.2) is 36.4 Å². The van der Waals surface area contributed by atoms with Crippen LogP contribution in [0.2, 0.25) is 0 Å². The zero-order chi connectivity index (χ0) is 23.3. The first-order chi connectivity index (χ1) is 16.7. The molecule has 7 heteroatoms. The molecule has 0 aromatic heterocycles. The normalized spacial score (nSPS) is 19.2. The van der Waals surface area contributed by atoms with Crippen molar-refractivity contribution in [2.75, 3.05) is 18.7 Å². The van der Waals surface area contributed by atoms with Crippen molar-refractivity contribution in [3.63, 3.8) is 0 Å². The van der Waals surface area contributed by atoms with Gasteiger partial charge < -0.3 is 19.0 Å². The van der Waals surface area contributed by atoms with Gasteiger partial charge in [-0.1, -0.05) is 31.0 Å². The number of ether oxygens (including phenoxy) is 3. The van der Waals surface area contributed by atoms with Gasteiger partial charge in [0, 0.05) is 18.8 Å². The van der Waals surface area contributed by atoms with E-state index >= 15 is 4.39 Å². The van der Waals surface area contributed by atoms with Gasteiger partial charge in [0.2, 0.25) is 0 Å². The Balaban J connectivity index is 1.35. The predicted octanol–water partition coefficient (Wildman–Crippen LogP) is 5.79. The summed E-state index contributed by atoms with van der Waals surface area (Å²) in [6.07, 6.45) is 8.07. The molecular weight excluding hydrogens is 437 g/mol. The molecule has 182 valence electrons. The van der Waals surface area contributed by atoms with E-state index in [1.165, 1.54) is 12.8 Å². The summed E-state index contributed by atoms with van der Waals surface area (Å²) in [5, 5.41) is 0. The zero-order valence-electron chi connectivity index (χ0n) is 19.4. The van der Waals surface area contributed by atoms with Gasteiger partial charge in [0.1, 0.15) is 0 Å². The lowest BCUT2D eigenvalue weighted by Crippen LogP contribution is -2.26. The highest BCUT2D eigenvalue weighted by Crippen LogP contribution is 2.36. The molecule has 1 N–H and O–H groups in total. The van der Waals surface area contributed by atoms with Gasteiger partial charge in [0.05, 0.1) is 30.4 Å². The largest absolute Gasteiger partial charge is 0.487 e. The van der Waals surface area contributed by atoms with E-state index in [-0.39, 0.29) is 35.7 Å². The maximum Gasteiger partial charge on any atom is 0.335 e. The lowest BCUT2D eigenvalue weighted by Gasteiger charge is -2.21. The van der Waals surface area contributed by atoms with E-state index in [0.717, 1.165) is 36.8 Å². The molecule has 1 aliphatic heterocycles. The molecular formula is C27H32FNO5. The summed E-state index contributed by atoms with van der Waals surface area (Å²) in [4.78, 5) is 17.8. The summed E-state index contributed by atoms with van der Waals surface area (Å²) in [7, 11) is 0. The van der Waals surface area contributed by atoms with Crippen molar-refractivity contribution >= 4 is 11.7 Å². The van der Waals surface area contributed by atoms with Gasteiger partial charge in [-0.2, -0.15) is 0 Å². The second-order valence-electron chi connectivity index (χ2n) is 9.43. The third kappa shape index (κ3) is 5.70. The zero-order valence-corrected chi connectivity index (χ0v) is 19.4. The molecule has 2 saturated carbocycles. The van der Waals surface area contributed by atoms with Crippen LogP contribution in [0.25, 0.3) is 11.1 Å². The monoisotopic (exact) mass is 469 g/mol. The molecule has 2 aromatic carbocycles. The van der Waals surface area contributed by atoms with Crippen molar-refractivity contribution in [1.29, 1.82) is 0 Å². The van der Waals surface area contributed by atoms with Crippen LogP contribution in [0.5, 0.6) is 5.75 Å². The standard InChI is InChI=1S/C27H32FNO5/c28-26-24(6-3-7-25(26)33-22-9-10-22)23-11-8-20(16-19(23)17-32-21-4-1-2-5-21)29-34-27(30)18-12-14-31-15-13-18/h3,6-8,11,16,18,21-22,29H,1-2,4-5,9-10,12-15,17H2. The fraction of sp³-hybridized carbons (Fsp3) is 0.519. The highest BCUT2D eigenvalue weighted by molar-refractivity contribution is 5.75. The minimum absolute atomic E-state index is 0.118. The molecule has 0 bridgehead atoms. The highest BCUT2D eigenvalue weighted by Gasteiger charge is 2.26. The third-order valence-corrected chi connectivity index (χ3v) is 6.78. The van der Waals surface area contributed by atoms with Crippen LogP contribution in [0.4, 0.5) is 10.1 Å². The molecule has 0 atom stereocenters. The van der Waals surface area contributed by atoms with Crippen LogP contribution in [-0.4, -0.2) is 31.4 Å². The minimum atomic E-state index is -0.358. The number of nitrogens with one attached hydrogen (secondary N) is 1. The van der Waals surface area contributed by atoms with Gasteiger partial charge >= 0.3 is 5.97 Å². The molecule has 0 radical (unpaired) electrons. The van der Waals surface area contributed by atoms with Gasteiger partial charge in [-0.25, -0.2) is 14.7 Å². The molecule has 0 amide bonds. The van der Waals surface area contributed by atoms with Gasteiger partial charge in [-0.05, 0) is 67.9 Å². The van der Waals surface area contributed by atoms with E-state index in [4.69, 9.17) is 19.0 Å². The number of rotatable bonds is 9. The number of halogens is 1. The van der Waals surface area contributed by atoms with Crippen molar-refractivity contribution in [3.05, 3.63) is 47.8 Å². The topological polar surface area (TPSA) is 66.0 Å². The molecule has 3 fully saturated rings. The molecule has 3 aliphatic rings. The quantitative estimate of drug-likeness (QED) is 0.469. The summed E-state index contributed by atoms with van der Waals surface area (Å²) in [5.41, 5.74) is 5.47. The van der Waals surface area contributed by atoms with E-state index in [2.05, 4.69) is 5.48 Å². The van der Waals surface area contributed by atoms with Gasteiger partial charge in [0.25, 0.3) is 0 Å². The molecule has 6 nitrogen and oxygen atoms in total. The van der Waals surface area contributed by atoms with E-state index < -0.39 is 0 Å². The van der Waals surface area contributed by atoms with Crippen molar-refractivity contribution in [2.24, 2.45) is 5.92 Å². The summed E-state index contributed by atoms with van der Waals surface area (Å²) < 4.78 is 32.6. The molecule has 0 unspecified atom stereocenters. The Bertz CT molecular complexity index is 997. The first-order valence-electron chi connectivity index (χ1n) is 12.4. The fourth-order valence-electron chi connectivity index (χ4n) is 4.60.